The fourth-order valence-corrected chi connectivity index (χ4v) is 3.93. The standard InChI is InChI=1S/C29H24N2O5/c1-3-15-35-23-12-9-19(10-13-23)27-21(18-31(30-27)22-7-5-4-6-8-22)17-26-28(32)24-16-20(29(33)34-2)11-14-25(24)36-26/h4-14,16-18H,3,15H2,1-2H3/b26-17-. The molecule has 0 bridgehead atoms. The molecule has 180 valence electrons. The molecule has 0 radical (unpaired) electrons. The van der Waals surface area contributed by atoms with Gasteiger partial charge in [-0.3, -0.25) is 4.79 Å². The third kappa shape index (κ3) is 4.51. The number of benzene rings is 3. The highest BCUT2D eigenvalue weighted by molar-refractivity contribution is 6.15. The molecule has 0 amide bonds. The van der Waals surface area contributed by atoms with Gasteiger partial charge in [-0.25, -0.2) is 9.48 Å². The summed E-state index contributed by atoms with van der Waals surface area (Å²) >= 11 is 0. The Kier molecular flexibility index (Phi) is 6.36. The van der Waals surface area contributed by atoms with Crippen LogP contribution in [0.1, 0.15) is 39.6 Å². The van der Waals surface area contributed by atoms with Crippen LogP contribution in [0.3, 0.4) is 0 Å². The monoisotopic (exact) mass is 480 g/mol. The second-order valence-corrected chi connectivity index (χ2v) is 8.23. The number of ketones is 1. The number of hydrogen-bond acceptors (Lipinski definition) is 6. The minimum Gasteiger partial charge on any atom is -0.494 e. The van der Waals surface area contributed by atoms with E-state index in [-0.39, 0.29) is 17.1 Å². The topological polar surface area (TPSA) is 79.7 Å². The molecule has 2 heterocycles. The zero-order valence-electron chi connectivity index (χ0n) is 19.9. The van der Waals surface area contributed by atoms with Gasteiger partial charge in [0.25, 0.3) is 0 Å². The van der Waals surface area contributed by atoms with Gasteiger partial charge in [0.1, 0.15) is 17.2 Å². The van der Waals surface area contributed by atoms with Crippen LogP contribution in [-0.4, -0.2) is 35.2 Å². The van der Waals surface area contributed by atoms with E-state index in [1.807, 2.05) is 60.8 Å². The molecule has 0 saturated heterocycles. The predicted octanol–water partition coefficient (Wildman–Crippen LogP) is 5.73. The molecule has 7 nitrogen and oxygen atoms in total. The van der Waals surface area contributed by atoms with E-state index in [0.29, 0.717) is 29.2 Å². The van der Waals surface area contributed by atoms with Crippen LogP contribution in [0.4, 0.5) is 0 Å². The third-order valence-electron chi connectivity index (χ3n) is 5.74. The summed E-state index contributed by atoms with van der Waals surface area (Å²) in [4.78, 5) is 25.0. The first-order valence-corrected chi connectivity index (χ1v) is 11.6. The second kappa shape index (κ2) is 9.92. The molecule has 0 fully saturated rings. The molecule has 4 aromatic rings. The predicted molar refractivity (Wildman–Crippen MR) is 136 cm³/mol. The average Bonchev–Trinajstić information content (AvgIpc) is 3.48. The van der Waals surface area contributed by atoms with E-state index >= 15 is 0 Å². The van der Waals surface area contributed by atoms with Crippen molar-refractivity contribution >= 4 is 17.8 Å². The summed E-state index contributed by atoms with van der Waals surface area (Å²) in [6, 6.07) is 22.1. The Morgan fingerprint density at radius 3 is 2.56 bits per heavy atom. The molecule has 7 heteroatoms. The van der Waals surface area contributed by atoms with Gasteiger partial charge in [0.15, 0.2) is 5.76 Å². The highest BCUT2D eigenvalue weighted by Crippen LogP contribution is 2.34. The number of rotatable bonds is 7. The fourth-order valence-electron chi connectivity index (χ4n) is 3.93. The minimum atomic E-state index is -0.513. The Hall–Kier alpha value is -4.65. The van der Waals surface area contributed by atoms with Gasteiger partial charge in [-0.1, -0.05) is 25.1 Å². The van der Waals surface area contributed by atoms with Gasteiger partial charge >= 0.3 is 5.97 Å². The molecule has 0 unspecified atom stereocenters. The average molecular weight is 481 g/mol. The number of allylic oxidation sites excluding steroid dienone is 1. The lowest BCUT2D eigenvalue weighted by molar-refractivity contribution is 0.0600. The molecule has 0 aliphatic carbocycles. The van der Waals surface area contributed by atoms with E-state index < -0.39 is 5.97 Å². The number of para-hydroxylation sites is 1. The molecule has 0 N–H and O–H groups in total. The van der Waals surface area contributed by atoms with Crippen molar-refractivity contribution in [2.24, 2.45) is 0 Å². The minimum absolute atomic E-state index is 0.156. The maximum absolute atomic E-state index is 13.1. The highest BCUT2D eigenvalue weighted by Gasteiger charge is 2.29. The second-order valence-electron chi connectivity index (χ2n) is 8.23. The quantitative estimate of drug-likeness (QED) is 0.248. The Bertz CT molecular complexity index is 1450. The number of fused-ring (bicyclic) bond motifs is 1. The molecular formula is C29H24N2O5. The van der Waals surface area contributed by atoms with Crippen molar-refractivity contribution in [3.05, 3.63) is 101 Å². The molecule has 3 aromatic carbocycles. The Morgan fingerprint density at radius 2 is 1.83 bits per heavy atom. The van der Waals surface area contributed by atoms with Crippen LogP contribution < -0.4 is 9.47 Å². The number of carbonyl (C=O) groups excluding carboxylic acids is 2. The summed E-state index contributed by atoms with van der Waals surface area (Å²) in [6.07, 6.45) is 4.47. The Morgan fingerprint density at radius 1 is 1.06 bits per heavy atom. The van der Waals surface area contributed by atoms with Gasteiger partial charge in [-0.2, -0.15) is 5.10 Å². The third-order valence-corrected chi connectivity index (χ3v) is 5.74. The maximum Gasteiger partial charge on any atom is 0.337 e. The SMILES string of the molecule is CCCOc1ccc(-c2nn(-c3ccccc3)cc2/C=C2\Oc3ccc(C(=O)OC)cc3C2=O)cc1. The maximum atomic E-state index is 13.1. The van der Waals surface area contributed by atoms with Crippen LogP contribution in [0.5, 0.6) is 11.5 Å². The van der Waals surface area contributed by atoms with Crippen LogP contribution in [0, 0.1) is 0 Å². The lowest BCUT2D eigenvalue weighted by Gasteiger charge is -2.05. The normalized spacial score (nSPS) is 13.4. The van der Waals surface area contributed by atoms with Gasteiger partial charge < -0.3 is 14.2 Å². The Balaban J connectivity index is 1.54. The number of esters is 1. The van der Waals surface area contributed by atoms with Crippen LogP contribution in [0.2, 0.25) is 0 Å². The number of Topliss-reactive ketones (excluding diaryl/α,β-unsaturated/α-hetero) is 1. The first kappa shape index (κ1) is 23.1. The smallest absolute Gasteiger partial charge is 0.337 e. The largest absolute Gasteiger partial charge is 0.494 e. The number of methoxy groups -OCH3 is 1. The van der Waals surface area contributed by atoms with Gasteiger partial charge in [-0.05, 0) is 67.1 Å². The number of nitrogens with zero attached hydrogens (tertiary/aromatic N) is 2. The van der Waals surface area contributed by atoms with E-state index in [2.05, 4.69) is 6.92 Å². The van der Waals surface area contributed by atoms with Crippen LogP contribution in [0.25, 0.3) is 23.0 Å². The number of aromatic nitrogens is 2. The van der Waals surface area contributed by atoms with Gasteiger partial charge in [-0.15, -0.1) is 0 Å². The number of hydrogen-bond donors (Lipinski definition) is 0. The van der Waals surface area contributed by atoms with E-state index in [1.165, 1.54) is 13.2 Å². The van der Waals surface area contributed by atoms with Crippen molar-refractivity contribution in [3.8, 4) is 28.4 Å². The zero-order chi connectivity index (χ0) is 25.1. The molecule has 1 aromatic heterocycles. The van der Waals surface area contributed by atoms with Crippen molar-refractivity contribution in [2.75, 3.05) is 13.7 Å². The number of carbonyl (C=O) groups is 2. The lowest BCUT2D eigenvalue weighted by atomic mass is 10.0. The van der Waals surface area contributed by atoms with Crippen molar-refractivity contribution in [1.82, 2.24) is 9.78 Å². The summed E-state index contributed by atoms with van der Waals surface area (Å²) in [7, 11) is 1.30. The van der Waals surface area contributed by atoms with Crippen LogP contribution in [0.15, 0.2) is 84.8 Å². The summed E-state index contributed by atoms with van der Waals surface area (Å²) < 4.78 is 18.1. The molecule has 36 heavy (non-hydrogen) atoms. The summed E-state index contributed by atoms with van der Waals surface area (Å²) in [5.41, 5.74) is 3.77. The van der Waals surface area contributed by atoms with Gasteiger partial charge in [0.05, 0.1) is 30.5 Å². The lowest BCUT2D eigenvalue weighted by Crippen LogP contribution is -2.03. The van der Waals surface area contributed by atoms with Gasteiger partial charge in [0, 0.05) is 17.3 Å². The van der Waals surface area contributed by atoms with Crippen molar-refractivity contribution < 1.29 is 23.8 Å². The first-order chi connectivity index (χ1) is 17.6. The van der Waals surface area contributed by atoms with E-state index in [0.717, 1.165) is 23.4 Å². The highest BCUT2D eigenvalue weighted by atomic mass is 16.5. The van der Waals surface area contributed by atoms with Crippen LogP contribution in [-0.2, 0) is 4.74 Å². The van der Waals surface area contributed by atoms with Crippen molar-refractivity contribution in [1.29, 1.82) is 0 Å². The Labute approximate surface area is 208 Å². The van der Waals surface area contributed by atoms with E-state index in [4.69, 9.17) is 19.3 Å². The number of ether oxygens (including phenoxy) is 3. The first-order valence-electron chi connectivity index (χ1n) is 11.6. The van der Waals surface area contributed by atoms with E-state index in [1.54, 1.807) is 22.9 Å². The van der Waals surface area contributed by atoms with Crippen molar-refractivity contribution in [2.45, 2.75) is 13.3 Å². The fraction of sp³-hybridized carbons (Fsp3) is 0.138. The van der Waals surface area contributed by atoms with Crippen LogP contribution >= 0.6 is 0 Å². The summed E-state index contributed by atoms with van der Waals surface area (Å²) in [5.74, 6) is 0.518. The van der Waals surface area contributed by atoms with E-state index in [9.17, 15) is 9.59 Å². The molecule has 0 spiro atoms. The summed E-state index contributed by atoms with van der Waals surface area (Å²) in [5, 5.41) is 4.81. The molecule has 1 aliphatic rings. The summed E-state index contributed by atoms with van der Waals surface area (Å²) in [6.45, 7) is 2.71. The molecule has 0 atom stereocenters. The zero-order valence-corrected chi connectivity index (χ0v) is 19.9. The van der Waals surface area contributed by atoms with Crippen molar-refractivity contribution in [3.63, 3.8) is 0 Å². The molecular weight excluding hydrogens is 456 g/mol. The van der Waals surface area contributed by atoms with Gasteiger partial charge in [0.2, 0.25) is 5.78 Å². The molecule has 1 aliphatic heterocycles. The molecule has 5 rings (SSSR count). The molecule has 0 saturated carbocycles.